The zero-order valence-corrected chi connectivity index (χ0v) is 25.6. The number of nitrogens with one attached hydrogen (secondary N) is 4. The third-order valence-corrected chi connectivity index (χ3v) is 9.08. The van der Waals surface area contributed by atoms with Crippen molar-refractivity contribution < 1.29 is 17.6 Å². The Bertz CT molecular complexity index is 1730. The van der Waals surface area contributed by atoms with Gasteiger partial charge in [-0.05, 0) is 81.3 Å². The number of anilines is 4. The Hall–Kier alpha value is -4.07. The fourth-order valence-electron chi connectivity index (χ4n) is 5.93. The van der Waals surface area contributed by atoms with E-state index >= 15 is 0 Å². The number of likely N-dealkylation sites (N-methyl/N-ethyl adjacent to an activating group) is 1. The largest absolute Gasteiger partial charge is 0.369 e. The molecule has 0 atom stereocenters. The average molecular weight is 621 g/mol. The number of H-pyrrole nitrogens is 1. The molecule has 4 N–H and O–H groups in total. The molecule has 232 valence electrons. The first-order valence-electron chi connectivity index (χ1n) is 14.8. The molecule has 2 aromatic carbocycles. The van der Waals surface area contributed by atoms with Crippen LogP contribution in [0.4, 0.5) is 27.5 Å². The maximum absolute atomic E-state index is 13.5. The van der Waals surface area contributed by atoms with E-state index in [9.17, 15) is 17.6 Å². The van der Waals surface area contributed by atoms with E-state index in [1.54, 1.807) is 6.20 Å². The Labute approximate surface area is 256 Å². The molecular formula is C31H37FN8O3S. The van der Waals surface area contributed by atoms with E-state index in [-0.39, 0.29) is 17.9 Å². The summed E-state index contributed by atoms with van der Waals surface area (Å²) in [4.78, 5) is 30.8. The second-order valence-electron chi connectivity index (χ2n) is 11.7. The summed E-state index contributed by atoms with van der Waals surface area (Å²) in [6.07, 6.45) is 5.59. The fraction of sp³-hybridized carbons (Fsp3) is 0.387. The summed E-state index contributed by atoms with van der Waals surface area (Å²) in [7, 11) is -1.15. The molecule has 1 aliphatic carbocycles. The van der Waals surface area contributed by atoms with Gasteiger partial charge in [0, 0.05) is 61.4 Å². The molecule has 3 heterocycles. The van der Waals surface area contributed by atoms with E-state index in [4.69, 9.17) is 4.98 Å². The summed E-state index contributed by atoms with van der Waals surface area (Å²) in [5, 5.41) is 7.38. The SMILES string of the molecule is CN1CCN(c2ccc(Nc3nc(NC4CCC(NS(C)(=O)=O)CC4)c4c(C(=O)c5ccc(F)cc5)c[nH]c4n3)cc2)CC1. The Morgan fingerprint density at radius 3 is 2.25 bits per heavy atom. The highest BCUT2D eigenvalue weighted by Crippen LogP contribution is 2.31. The molecule has 2 aromatic heterocycles. The summed E-state index contributed by atoms with van der Waals surface area (Å²) < 4.78 is 39.7. The second-order valence-corrected chi connectivity index (χ2v) is 13.5. The van der Waals surface area contributed by atoms with Gasteiger partial charge in [0.2, 0.25) is 16.0 Å². The maximum atomic E-state index is 13.5. The molecule has 11 nitrogen and oxygen atoms in total. The van der Waals surface area contributed by atoms with Gasteiger partial charge in [-0.3, -0.25) is 4.79 Å². The molecule has 0 spiro atoms. The normalized spacial score (nSPS) is 19.7. The topological polar surface area (TPSA) is 135 Å². The number of halogens is 1. The highest BCUT2D eigenvalue weighted by Gasteiger charge is 2.26. The van der Waals surface area contributed by atoms with Crippen LogP contribution in [-0.4, -0.2) is 85.6 Å². The number of carbonyl (C=O) groups excluding carboxylic acids is 1. The second kappa shape index (κ2) is 12.5. The molecular weight excluding hydrogens is 583 g/mol. The number of rotatable bonds is 9. The number of carbonyl (C=O) groups is 1. The van der Waals surface area contributed by atoms with Crippen LogP contribution in [0.25, 0.3) is 11.0 Å². The minimum atomic E-state index is -3.28. The molecule has 2 aliphatic rings. The molecule has 44 heavy (non-hydrogen) atoms. The molecule has 0 amide bonds. The van der Waals surface area contributed by atoms with Gasteiger partial charge in [0.05, 0.1) is 17.2 Å². The van der Waals surface area contributed by atoms with Crippen molar-refractivity contribution >= 4 is 50.0 Å². The van der Waals surface area contributed by atoms with Crippen molar-refractivity contribution in [1.82, 2.24) is 24.6 Å². The molecule has 4 aromatic rings. The third kappa shape index (κ3) is 7.01. The number of aromatic amines is 1. The van der Waals surface area contributed by atoms with E-state index in [1.807, 2.05) is 12.1 Å². The van der Waals surface area contributed by atoms with Crippen LogP contribution in [0.5, 0.6) is 0 Å². The standard InChI is InChI=1S/C31H37FN8O3S/c1-39-15-17-40(18-16-39)25-13-11-23(12-14-25)35-31-36-29-27(26(19-33-29)28(41)20-3-5-21(32)6-4-20)30(37-31)34-22-7-9-24(10-8-22)38-44(2,42)43/h3-6,11-14,19,22,24,38H,7-10,15-18H2,1-2H3,(H3,33,34,35,36,37). The number of benzene rings is 2. The lowest BCUT2D eigenvalue weighted by Gasteiger charge is -2.34. The molecule has 0 unspecified atom stereocenters. The minimum Gasteiger partial charge on any atom is -0.369 e. The van der Waals surface area contributed by atoms with Crippen LogP contribution in [0, 0.1) is 5.82 Å². The molecule has 1 aliphatic heterocycles. The lowest BCUT2D eigenvalue weighted by molar-refractivity contribution is 0.104. The smallest absolute Gasteiger partial charge is 0.231 e. The van der Waals surface area contributed by atoms with Gasteiger partial charge < -0.3 is 25.4 Å². The molecule has 1 saturated carbocycles. The van der Waals surface area contributed by atoms with Gasteiger partial charge in [0.1, 0.15) is 17.3 Å². The van der Waals surface area contributed by atoms with Gasteiger partial charge in [0.15, 0.2) is 5.78 Å². The van der Waals surface area contributed by atoms with Gasteiger partial charge >= 0.3 is 0 Å². The number of fused-ring (bicyclic) bond motifs is 1. The van der Waals surface area contributed by atoms with Crippen LogP contribution < -0.4 is 20.3 Å². The van der Waals surface area contributed by atoms with Crippen molar-refractivity contribution in [2.24, 2.45) is 0 Å². The lowest BCUT2D eigenvalue weighted by atomic mass is 9.91. The van der Waals surface area contributed by atoms with Crippen molar-refractivity contribution in [3.05, 3.63) is 71.7 Å². The van der Waals surface area contributed by atoms with Gasteiger partial charge in [0.25, 0.3) is 0 Å². The van der Waals surface area contributed by atoms with Gasteiger partial charge in [-0.15, -0.1) is 0 Å². The molecule has 2 fully saturated rings. The first-order valence-corrected chi connectivity index (χ1v) is 16.7. The first-order chi connectivity index (χ1) is 21.1. The number of hydrogen-bond donors (Lipinski definition) is 4. The first kappa shape index (κ1) is 30.0. The molecule has 0 radical (unpaired) electrons. The molecule has 0 bridgehead atoms. The fourth-order valence-corrected chi connectivity index (χ4v) is 6.77. The number of sulfonamides is 1. The van der Waals surface area contributed by atoms with Gasteiger partial charge in [-0.1, -0.05) is 0 Å². The van der Waals surface area contributed by atoms with Crippen LogP contribution in [0.15, 0.2) is 54.7 Å². The predicted molar refractivity (Wildman–Crippen MR) is 171 cm³/mol. The van der Waals surface area contributed by atoms with E-state index in [1.165, 1.54) is 30.5 Å². The summed E-state index contributed by atoms with van der Waals surface area (Å²) in [5.74, 6) is 0.170. The monoisotopic (exact) mass is 620 g/mol. The number of hydrogen-bond acceptors (Lipinski definition) is 9. The van der Waals surface area contributed by atoms with E-state index < -0.39 is 15.8 Å². The van der Waals surface area contributed by atoms with Crippen molar-refractivity contribution in [3.8, 4) is 0 Å². The van der Waals surface area contributed by atoms with E-state index in [2.05, 4.69) is 54.3 Å². The highest BCUT2D eigenvalue weighted by atomic mass is 32.2. The Kier molecular flexibility index (Phi) is 8.52. The summed E-state index contributed by atoms with van der Waals surface area (Å²) in [6.45, 7) is 4.02. The molecule has 1 saturated heterocycles. The van der Waals surface area contributed by atoms with Crippen molar-refractivity contribution in [3.63, 3.8) is 0 Å². The third-order valence-electron chi connectivity index (χ3n) is 8.32. The Morgan fingerprint density at radius 2 is 1.59 bits per heavy atom. The number of piperazine rings is 1. The predicted octanol–water partition coefficient (Wildman–Crippen LogP) is 4.10. The number of ketones is 1. The summed E-state index contributed by atoms with van der Waals surface area (Å²) >= 11 is 0. The summed E-state index contributed by atoms with van der Waals surface area (Å²) in [6, 6.07) is 13.5. The van der Waals surface area contributed by atoms with Crippen LogP contribution in [0.3, 0.4) is 0 Å². The van der Waals surface area contributed by atoms with Crippen LogP contribution in [0.1, 0.15) is 41.6 Å². The lowest BCUT2D eigenvalue weighted by Crippen LogP contribution is -2.44. The highest BCUT2D eigenvalue weighted by molar-refractivity contribution is 7.88. The summed E-state index contributed by atoms with van der Waals surface area (Å²) in [5.41, 5.74) is 3.21. The Morgan fingerprint density at radius 1 is 0.932 bits per heavy atom. The van der Waals surface area contributed by atoms with Gasteiger partial charge in [-0.25, -0.2) is 17.5 Å². The minimum absolute atomic E-state index is 0.0186. The van der Waals surface area contributed by atoms with E-state index in [0.717, 1.165) is 50.4 Å². The quantitative estimate of drug-likeness (QED) is 0.204. The van der Waals surface area contributed by atoms with Crippen LogP contribution >= 0.6 is 0 Å². The van der Waals surface area contributed by atoms with Crippen LogP contribution in [0.2, 0.25) is 0 Å². The van der Waals surface area contributed by atoms with Gasteiger partial charge in [-0.2, -0.15) is 9.97 Å². The zero-order valence-electron chi connectivity index (χ0n) is 24.8. The van der Waals surface area contributed by atoms with Crippen molar-refractivity contribution in [2.45, 2.75) is 37.8 Å². The number of aromatic nitrogens is 3. The van der Waals surface area contributed by atoms with Crippen LogP contribution in [-0.2, 0) is 10.0 Å². The molecule has 13 heteroatoms. The number of nitrogens with zero attached hydrogens (tertiary/aromatic N) is 4. The Balaban J connectivity index is 1.27. The average Bonchev–Trinajstić information content (AvgIpc) is 3.43. The van der Waals surface area contributed by atoms with Crippen molar-refractivity contribution in [1.29, 1.82) is 0 Å². The zero-order chi connectivity index (χ0) is 30.8. The van der Waals surface area contributed by atoms with E-state index in [0.29, 0.717) is 46.8 Å². The van der Waals surface area contributed by atoms with Crippen molar-refractivity contribution in [2.75, 3.05) is 55.0 Å². The molecule has 6 rings (SSSR count). The maximum Gasteiger partial charge on any atom is 0.231 e.